The van der Waals surface area contributed by atoms with Crippen LogP contribution < -0.4 is 0 Å². The molecule has 2 aromatic carbocycles. The first kappa shape index (κ1) is 34.8. The fraction of sp³-hybridized carbons (Fsp3) is 0.588. The van der Waals surface area contributed by atoms with Crippen molar-refractivity contribution >= 4 is 11.8 Å². The molecular formula is C34H43F6N3O2. The van der Waals surface area contributed by atoms with Gasteiger partial charge in [-0.1, -0.05) is 57.2 Å². The fourth-order valence-electron chi connectivity index (χ4n) is 6.55. The Morgan fingerprint density at radius 1 is 0.822 bits per heavy atom. The lowest BCUT2D eigenvalue weighted by Gasteiger charge is -2.50. The third-order valence-electron chi connectivity index (χ3n) is 9.24. The van der Waals surface area contributed by atoms with Crippen LogP contribution in [0.15, 0.2) is 48.5 Å². The van der Waals surface area contributed by atoms with Gasteiger partial charge in [0.15, 0.2) is 0 Å². The van der Waals surface area contributed by atoms with E-state index in [9.17, 15) is 35.9 Å². The summed E-state index contributed by atoms with van der Waals surface area (Å²) in [6, 6.07) is 11.0. The second kappa shape index (κ2) is 13.7. The molecule has 2 aliphatic rings. The molecule has 0 bridgehead atoms. The molecule has 45 heavy (non-hydrogen) atoms. The average Bonchev–Trinajstić information content (AvgIpc) is 2.96. The lowest BCUT2D eigenvalue weighted by molar-refractivity contribution is -0.144. The smallest absolute Gasteiger partial charge is 0.343 e. The van der Waals surface area contributed by atoms with Crippen molar-refractivity contribution < 1.29 is 35.9 Å². The number of carbonyl (C=O) groups is 2. The molecule has 2 aromatic rings. The summed E-state index contributed by atoms with van der Waals surface area (Å²) in [6.07, 6.45) is -7.96. The molecule has 2 amide bonds. The number of halogens is 6. The standard InChI is InChI=1S/C34H43F6N3O2/c1-23(44)41-17-14-24(15-18-41)21-31(45)43-20-19-42(22-30(43)32(2,3)4)29(13-16-33(35,36)37)27-7-5-25(6-8-27)26-9-11-28(12-10-26)34(38,39)40/h5-12,24,29-30H,13-22H2,1-4H3/t29?,30-/m1/s1. The Hall–Kier alpha value is -3.08. The maximum atomic E-state index is 13.6. The highest BCUT2D eigenvalue weighted by Gasteiger charge is 2.41. The number of alkyl halides is 6. The first-order valence-electron chi connectivity index (χ1n) is 15.6. The van der Waals surface area contributed by atoms with Crippen molar-refractivity contribution in [3.8, 4) is 11.1 Å². The van der Waals surface area contributed by atoms with Crippen LogP contribution in [0.25, 0.3) is 11.1 Å². The molecule has 2 heterocycles. The summed E-state index contributed by atoms with van der Waals surface area (Å²) in [5.41, 5.74) is 0.861. The van der Waals surface area contributed by atoms with Gasteiger partial charge in [0, 0.05) is 64.6 Å². The summed E-state index contributed by atoms with van der Waals surface area (Å²) in [5.74, 6) is 0.274. The predicted octanol–water partition coefficient (Wildman–Crippen LogP) is 7.96. The van der Waals surface area contributed by atoms with E-state index < -0.39 is 30.4 Å². The highest BCUT2D eigenvalue weighted by Crippen LogP contribution is 2.38. The first-order chi connectivity index (χ1) is 20.9. The molecule has 4 rings (SSSR count). The van der Waals surface area contributed by atoms with E-state index in [0.29, 0.717) is 55.8 Å². The number of rotatable bonds is 7. The van der Waals surface area contributed by atoms with Crippen LogP contribution in [-0.4, -0.2) is 71.5 Å². The van der Waals surface area contributed by atoms with E-state index in [4.69, 9.17) is 0 Å². The van der Waals surface area contributed by atoms with Crippen molar-refractivity contribution in [2.75, 3.05) is 32.7 Å². The maximum absolute atomic E-state index is 13.6. The molecule has 0 spiro atoms. The Balaban J connectivity index is 1.51. The zero-order valence-corrected chi connectivity index (χ0v) is 26.3. The first-order valence-corrected chi connectivity index (χ1v) is 15.6. The molecule has 0 aromatic heterocycles. The van der Waals surface area contributed by atoms with Gasteiger partial charge in [0.1, 0.15) is 0 Å². The maximum Gasteiger partial charge on any atom is 0.416 e. The van der Waals surface area contributed by atoms with Gasteiger partial charge in [-0.15, -0.1) is 0 Å². The Labute approximate surface area is 261 Å². The second-order valence-corrected chi connectivity index (χ2v) is 13.5. The van der Waals surface area contributed by atoms with Crippen molar-refractivity contribution in [3.63, 3.8) is 0 Å². The number of piperidine rings is 1. The lowest BCUT2D eigenvalue weighted by Crippen LogP contribution is -2.60. The van der Waals surface area contributed by atoms with E-state index in [1.165, 1.54) is 12.1 Å². The molecule has 2 fully saturated rings. The van der Waals surface area contributed by atoms with Crippen LogP contribution in [0.1, 0.15) is 77.0 Å². The van der Waals surface area contributed by atoms with Crippen molar-refractivity contribution in [1.82, 2.24) is 14.7 Å². The van der Waals surface area contributed by atoms with Gasteiger partial charge in [-0.2, -0.15) is 26.3 Å². The van der Waals surface area contributed by atoms with Crippen LogP contribution in [-0.2, 0) is 15.8 Å². The summed E-state index contributed by atoms with van der Waals surface area (Å²) in [4.78, 5) is 31.0. The van der Waals surface area contributed by atoms with Crippen molar-refractivity contribution in [3.05, 3.63) is 59.7 Å². The van der Waals surface area contributed by atoms with Crippen molar-refractivity contribution in [2.24, 2.45) is 11.3 Å². The van der Waals surface area contributed by atoms with Gasteiger partial charge in [-0.25, -0.2) is 0 Å². The number of hydrogen-bond donors (Lipinski definition) is 0. The number of likely N-dealkylation sites (tertiary alicyclic amines) is 1. The van der Waals surface area contributed by atoms with Crippen molar-refractivity contribution in [2.45, 2.75) is 84.2 Å². The molecule has 0 saturated carbocycles. The highest BCUT2D eigenvalue weighted by molar-refractivity contribution is 5.77. The SMILES string of the molecule is CC(=O)N1CCC(CC(=O)N2CCN(C(CCC(F)(F)F)c3ccc(-c4ccc(C(F)(F)F)cc4)cc3)C[C@@H]2C(C)(C)C)CC1. The number of piperazine rings is 1. The average molecular weight is 640 g/mol. The molecule has 1 unspecified atom stereocenters. The fourth-order valence-corrected chi connectivity index (χ4v) is 6.55. The third-order valence-corrected chi connectivity index (χ3v) is 9.24. The van der Waals surface area contributed by atoms with Gasteiger partial charge in [-0.05, 0) is 59.4 Å². The summed E-state index contributed by atoms with van der Waals surface area (Å²) >= 11 is 0. The topological polar surface area (TPSA) is 43.9 Å². The molecule has 2 saturated heterocycles. The van der Waals surface area contributed by atoms with Crippen LogP contribution in [0, 0.1) is 11.3 Å². The van der Waals surface area contributed by atoms with Crippen LogP contribution in [0.5, 0.6) is 0 Å². The zero-order chi connectivity index (χ0) is 33.2. The number of nitrogens with zero attached hydrogens (tertiary/aromatic N) is 3. The van der Waals surface area contributed by atoms with Gasteiger partial charge in [0.2, 0.25) is 11.8 Å². The largest absolute Gasteiger partial charge is 0.416 e. The van der Waals surface area contributed by atoms with Crippen LogP contribution in [0.2, 0.25) is 0 Å². The van der Waals surface area contributed by atoms with Crippen LogP contribution >= 0.6 is 0 Å². The number of amides is 2. The van der Waals surface area contributed by atoms with Crippen LogP contribution in [0.4, 0.5) is 26.3 Å². The normalized spacial score (nSPS) is 19.9. The molecule has 2 atom stereocenters. The number of hydrogen-bond acceptors (Lipinski definition) is 3. The van der Waals surface area contributed by atoms with E-state index in [1.54, 1.807) is 36.1 Å². The molecule has 11 heteroatoms. The summed E-state index contributed by atoms with van der Waals surface area (Å²) in [7, 11) is 0. The van der Waals surface area contributed by atoms with Crippen molar-refractivity contribution in [1.29, 1.82) is 0 Å². The van der Waals surface area contributed by atoms with Gasteiger partial charge in [0.05, 0.1) is 5.56 Å². The predicted molar refractivity (Wildman–Crippen MR) is 161 cm³/mol. The second-order valence-electron chi connectivity index (χ2n) is 13.5. The van der Waals surface area contributed by atoms with E-state index >= 15 is 0 Å². The summed E-state index contributed by atoms with van der Waals surface area (Å²) in [6.45, 7) is 10.2. The molecular weight excluding hydrogens is 596 g/mol. The number of benzene rings is 2. The molecule has 0 aliphatic carbocycles. The minimum atomic E-state index is -4.44. The summed E-state index contributed by atoms with van der Waals surface area (Å²) in [5, 5.41) is 0. The molecule has 2 aliphatic heterocycles. The van der Waals surface area contributed by atoms with E-state index in [0.717, 1.165) is 25.0 Å². The Morgan fingerprint density at radius 3 is 1.87 bits per heavy atom. The lowest BCUT2D eigenvalue weighted by atomic mass is 9.82. The van der Waals surface area contributed by atoms with Gasteiger partial charge < -0.3 is 9.80 Å². The van der Waals surface area contributed by atoms with E-state index in [-0.39, 0.29) is 35.6 Å². The quantitative estimate of drug-likeness (QED) is 0.289. The third kappa shape index (κ3) is 9.24. The molecule has 248 valence electrons. The minimum absolute atomic E-state index is 0.0398. The van der Waals surface area contributed by atoms with E-state index in [2.05, 4.69) is 0 Å². The van der Waals surface area contributed by atoms with Crippen LogP contribution in [0.3, 0.4) is 0 Å². The highest BCUT2D eigenvalue weighted by atomic mass is 19.4. The molecule has 0 N–H and O–H groups in total. The van der Waals surface area contributed by atoms with Gasteiger partial charge in [-0.3, -0.25) is 14.5 Å². The monoisotopic (exact) mass is 639 g/mol. The Kier molecular flexibility index (Phi) is 10.6. The molecule has 0 radical (unpaired) electrons. The minimum Gasteiger partial charge on any atom is -0.343 e. The molecule has 5 nitrogen and oxygen atoms in total. The Bertz CT molecular complexity index is 1290. The van der Waals surface area contributed by atoms with Gasteiger partial charge >= 0.3 is 12.4 Å². The summed E-state index contributed by atoms with van der Waals surface area (Å²) < 4.78 is 79.3. The Morgan fingerprint density at radius 2 is 1.38 bits per heavy atom. The van der Waals surface area contributed by atoms with Gasteiger partial charge in [0.25, 0.3) is 0 Å². The number of carbonyl (C=O) groups excluding carboxylic acids is 2. The zero-order valence-electron chi connectivity index (χ0n) is 26.3. The van der Waals surface area contributed by atoms with E-state index in [1.807, 2.05) is 30.6 Å².